The van der Waals surface area contributed by atoms with Crippen LogP contribution < -0.4 is 11.1 Å². The van der Waals surface area contributed by atoms with Gasteiger partial charge in [-0.2, -0.15) is 0 Å². The maximum atomic E-state index is 11.7. The van der Waals surface area contributed by atoms with Crippen molar-refractivity contribution < 1.29 is 4.79 Å². The van der Waals surface area contributed by atoms with Gasteiger partial charge in [0, 0.05) is 16.9 Å². The van der Waals surface area contributed by atoms with E-state index in [-0.39, 0.29) is 5.91 Å². The summed E-state index contributed by atoms with van der Waals surface area (Å²) in [5, 5.41) is 3.26. The highest BCUT2D eigenvalue weighted by molar-refractivity contribution is 5.95. The van der Waals surface area contributed by atoms with Gasteiger partial charge in [-0.1, -0.05) is 17.7 Å². The molecule has 0 saturated carbocycles. The number of nitrogens with zero attached hydrogens (tertiary/aromatic N) is 1. The van der Waals surface area contributed by atoms with Crippen LogP contribution in [0.1, 0.15) is 40.0 Å². The topological polar surface area (TPSA) is 68.0 Å². The molecular formula is C17H19N3O. The largest absolute Gasteiger partial charge is 0.366 e. The van der Waals surface area contributed by atoms with Crippen LogP contribution in [-0.4, -0.2) is 10.9 Å². The van der Waals surface area contributed by atoms with Crippen LogP contribution >= 0.6 is 0 Å². The van der Waals surface area contributed by atoms with Crippen molar-refractivity contribution >= 4 is 17.4 Å². The van der Waals surface area contributed by atoms with Crippen LogP contribution in [0.5, 0.6) is 0 Å². The van der Waals surface area contributed by atoms with Crippen molar-refractivity contribution in [3.63, 3.8) is 0 Å². The van der Waals surface area contributed by atoms with Crippen LogP contribution in [0, 0.1) is 6.92 Å². The average Bonchev–Trinajstić information content (AvgIpc) is 2.48. The molecule has 108 valence electrons. The first-order valence-corrected chi connectivity index (χ1v) is 7.30. The van der Waals surface area contributed by atoms with Crippen LogP contribution in [0.3, 0.4) is 0 Å². The smallest absolute Gasteiger partial charge is 0.249 e. The first-order valence-electron chi connectivity index (χ1n) is 7.30. The summed E-state index contributed by atoms with van der Waals surface area (Å²) in [5.74, 6) is 0.316. The van der Waals surface area contributed by atoms with E-state index in [2.05, 4.69) is 10.3 Å². The van der Waals surface area contributed by atoms with Crippen molar-refractivity contribution in [3.8, 4) is 0 Å². The van der Waals surface area contributed by atoms with Gasteiger partial charge in [0.25, 0.3) is 0 Å². The standard InChI is InChI=1S/C17H19N3O/c1-11-6-8-12(9-7-11)19-16-10-14(17(18)21)13-4-2-3-5-15(13)20-16/h6-10H,2-5H2,1H3,(H2,18,21)(H,19,20). The summed E-state index contributed by atoms with van der Waals surface area (Å²) in [7, 11) is 0. The van der Waals surface area contributed by atoms with Gasteiger partial charge < -0.3 is 11.1 Å². The molecule has 1 heterocycles. The summed E-state index contributed by atoms with van der Waals surface area (Å²) in [6.07, 6.45) is 4.02. The summed E-state index contributed by atoms with van der Waals surface area (Å²) in [6.45, 7) is 2.05. The van der Waals surface area contributed by atoms with Crippen LogP contribution in [0.15, 0.2) is 30.3 Å². The molecule has 1 aliphatic carbocycles. The van der Waals surface area contributed by atoms with Gasteiger partial charge in [0.2, 0.25) is 5.91 Å². The lowest BCUT2D eigenvalue weighted by molar-refractivity contribution is 0.0999. The van der Waals surface area contributed by atoms with Crippen molar-refractivity contribution in [2.24, 2.45) is 5.73 Å². The summed E-state index contributed by atoms with van der Waals surface area (Å²) in [6, 6.07) is 9.85. The molecule has 1 amide bonds. The molecule has 21 heavy (non-hydrogen) atoms. The number of nitrogens with two attached hydrogens (primary N) is 1. The molecule has 0 fully saturated rings. The lowest BCUT2D eigenvalue weighted by Gasteiger charge is -2.19. The molecule has 1 aliphatic rings. The summed E-state index contributed by atoms with van der Waals surface area (Å²) >= 11 is 0. The molecule has 0 spiro atoms. The van der Waals surface area contributed by atoms with Crippen LogP contribution in [0.25, 0.3) is 0 Å². The highest BCUT2D eigenvalue weighted by Gasteiger charge is 2.19. The predicted octanol–water partition coefficient (Wildman–Crippen LogP) is 3.11. The second kappa shape index (κ2) is 5.56. The number of amides is 1. The number of aryl methyl sites for hydroxylation is 2. The Bertz CT molecular complexity index is 677. The quantitative estimate of drug-likeness (QED) is 0.908. The highest BCUT2D eigenvalue weighted by Crippen LogP contribution is 2.26. The summed E-state index contributed by atoms with van der Waals surface area (Å²) < 4.78 is 0. The predicted molar refractivity (Wildman–Crippen MR) is 83.9 cm³/mol. The minimum Gasteiger partial charge on any atom is -0.366 e. The average molecular weight is 281 g/mol. The Balaban J connectivity index is 1.97. The van der Waals surface area contributed by atoms with Crippen LogP contribution in [0.4, 0.5) is 11.5 Å². The number of anilines is 2. The third-order valence-electron chi connectivity index (χ3n) is 3.89. The van der Waals surface area contributed by atoms with E-state index in [4.69, 9.17) is 5.73 Å². The number of aromatic nitrogens is 1. The summed E-state index contributed by atoms with van der Waals surface area (Å²) in [5.41, 5.74) is 10.3. The van der Waals surface area contributed by atoms with E-state index >= 15 is 0 Å². The number of carbonyl (C=O) groups is 1. The molecule has 4 heteroatoms. The fourth-order valence-corrected chi connectivity index (χ4v) is 2.77. The van der Waals surface area contributed by atoms with Crippen molar-refractivity contribution in [3.05, 3.63) is 52.7 Å². The Hall–Kier alpha value is -2.36. The Labute approximate surface area is 124 Å². The summed E-state index contributed by atoms with van der Waals surface area (Å²) in [4.78, 5) is 16.3. The molecule has 4 nitrogen and oxygen atoms in total. The lowest BCUT2D eigenvalue weighted by Crippen LogP contribution is -2.19. The molecule has 0 radical (unpaired) electrons. The number of carbonyl (C=O) groups excluding carboxylic acids is 1. The van der Waals surface area contributed by atoms with E-state index < -0.39 is 0 Å². The van der Waals surface area contributed by atoms with E-state index in [1.165, 1.54) is 5.56 Å². The van der Waals surface area contributed by atoms with Gasteiger partial charge in [-0.3, -0.25) is 4.79 Å². The molecule has 0 atom stereocenters. The van der Waals surface area contributed by atoms with Gasteiger partial charge in [-0.15, -0.1) is 0 Å². The van der Waals surface area contributed by atoms with E-state index in [1.807, 2.05) is 31.2 Å². The molecule has 3 rings (SSSR count). The van der Waals surface area contributed by atoms with Gasteiger partial charge in [0.1, 0.15) is 5.82 Å². The Morgan fingerprint density at radius 3 is 2.62 bits per heavy atom. The van der Waals surface area contributed by atoms with Crippen molar-refractivity contribution in [2.75, 3.05) is 5.32 Å². The minimum atomic E-state index is -0.373. The first-order chi connectivity index (χ1) is 10.1. The number of hydrogen-bond acceptors (Lipinski definition) is 3. The zero-order chi connectivity index (χ0) is 14.8. The Kier molecular flexibility index (Phi) is 3.60. The number of primary amides is 1. The molecule has 2 aromatic rings. The molecule has 3 N–H and O–H groups in total. The monoisotopic (exact) mass is 281 g/mol. The van der Waals surface area contributed by atoms with E-state index in [0.29, 0.717) is 11.4 Å². The third kappa shape index (κ3) is 2.89. The van der Waals surface area contributed by atoms with Crippen molar-refractivity contribution in [1.82, 2.24) is 4.98 Å². The van der Waals surface area contributed by atoms with E-state index in [1.54, 1.807) is 6.07 Å². The molecule has 0 bridgehead atoms. The zero-order valence-electron chi connectivity index (χ0n) is 12.1. The van der Waals surface area contributed by atoms with Gasteiger partial charge in [0.15, 0.2) is 0 Å². The van der Waals surface area contributed by atoms with Crippen LogP contribution in [-0.2, 0) is 12.8 Å². The first kappa shape index (κ1) is 13.6. The number of rotatable bonds is 3. The van der Waals surface area contributed by atoms with Crippen molar-refractivity contribution in [2.45, 2.75) is 32.6 Å². The molecule has 0 saturated heterocycles. The zero-order valence-corrected chi connectivity index (χ0v) is 12.1. The fourth-order valence-electron chi connectivity index (χ4n) is 2.77. The number of benzene rings is 1. The number of fused-ring (bicyclic) bond motifs is 1. The SMILES string of the molecule is Cc1ccc(Nc2cc(C(N)=O)c3c(n2)CCCC3)cc1. The van der Waals surface area contributed by atoms with Gasteiger partial charge >= 0.3 is 0 Å². The molecule has 1 aromatic heterocycles. The Morgan fingerprint density at radius 1 is 1.19 bits per heavy atom. The fraction of sp³-hybridized carbons (Fsp3) is 0.294. The maximum absolute atomic E-state index is 11.7. The normalized spacial score (nSPS) is 13.6. The highest BCUT2D eigenvalue weighted by atomic mass is 16.1. The second-order valence-corrected chi connectivity index (χ2v) is 5.54. The number of hydrogen-bond donors (Lipinski definition) is 2. The lowest BCUT2D eigenvalue weighted by atomic mass is 9.92. The second-order valence-electron chi connectivity index (χ2n) is 5.54. The van der Waals surface area contributed by atoms with Gasteiger partial charge in [-0.25, -0.2) is 4.98 Å². The van der Waals surface area contributed by atoms with Crippen molar-refractivity contribution in [1.29, 1.82) is 0 Å². The van der Waals surface area contributed by atoms with Gasteiger partial charge in [-0.05, 0) is 56.4 Å². The maximum Gasteiger partial charge on any atom is 0.249 e. The number of nitrogens with one attached hydrogen (secondary N) is 1. The Morgan fingerprint density at radius 2 is 1.90 bits per heavy atom. The minimum absolute atomic E-state index is 0.373. The molecular weight excluding hydrogens is 262 g/mol. The van der Waals surface area contributed by atoms with Crippen LogP contribution in [0.2, 0.25) is 0 Å². The molecule has 0 unspecified atom stereocenters. The third-order valence-corrected chi connectivity index (χ3v) is 3.89. The number of pyridine rings is 1. The molecule has 1 aromatic carbocycles. The van der Waals surface area contributed by atoms with E-state index in [0.717, 1.165) is 42.6 Å². The van der Waals surface area contributed by atoms with E-state index in [9.17, 15) is 4.79 Å². The molecule has 0 aliphatic heterocycles. The van der Waals surface area contributed by atoms with Gasteiger partial charge in [0.05, 0.1) is 0 Å².